The third-order valence-corrected chi connectivity index (χ3v) is 5.50. The molecule has 2 aliphatic rings. The molecule has 0 bridgehead atoms. The summed E-state index contributed by atoms with van der Waals surface area (Å²) in [4.78, 5) is 40.1. The molecule has 2 fully saturated rings. The van der Waals surface area contributed by atoms with Gasteiger partial charge in [0.05, 0.1) is 17.0 Å². The van der Waals surface area contributed by atoms with Gasteiger partial charge < -0.3 is 25.3 Å². The van der Waals surface area contributed by atoms with E-state index in [0.29, 0.717) is 41.4 Å². The number of aromatic amines is 1. The molecule has 9 heteroatoms. The molecule has 0 aromatic carbocycles. The van der Waals surface area contributed by atoms with Crippen LogP contribution in [0, 0.1) is 5.92 Å². The van der Waals surface area contributed by atoms with E-state index in [9.17, 15) is 9.59 Å². The van der Waals surface area contributed by atoms with Crippen LogP contribution in [0.4, 0.5) is 10.6 Å². The highest BCUT2D eigenvalue weighted by Crippen LogP contribution is 2.37. The average molecular weight is 386 g/mol. The number of fused-ring (bicyclic) bond motifs is 2. The molecule has 0 spiro atoms. The van der Waals surface area contributed by atoms with Gasteiger partial charge in [-0.2, -0.15) is 0 Å². The van der Waals surface area contributed by atoms with Crippen LogP contribution in [0.3, 0.4) is 0 Å². The number of rotatable bonds is 2. The minimum atomic E-state index is -0.524. The second-order valence-electron chi connectivity index (χ2n) is 8.51. The molecule has 2 amide bonds. The largest absolute Gasteiger partial charge is 0.444 e. The zero-order valence-electron chi connectivity index (χ0n) is 16.4. The number of nitrogens with two attached hydrogens (primary N) is 1. The molecule has 28 heavy (non-hydrogen) atoms. The SMILES string of the molecule is CC(C)(C)OC(=O)N1CCC2CCN(c3ncnc4[nH]cc(C(N)=O)c34)C2C1. The highest BCUT2D eigenvalue weighted by Gasteiger charge is 2.42. The number of amides is 2. The number of hydrogen-bond donors (Lipinski definition) is 2. The first-order chi connectivity index (χ1) is 13.2. The maximum Gasteiger partial charge on any atom is 0.410 e. The number of H-pyrrole nitrogens is 1. The molecule has 9 nitrogen and oxygen atoms in total. The number of anilines is 1. The Morgan fingerprint density at radius 1 is 1.25 bits per heavy atom. The van der Waals surface area contributed by atoms with E-state index in [1.807, 2.05) is 20.8 Å². The van der Waals surface area contributed by atoms with Gasteiger partial charge in [-0.1, -0.05) is 0 Å². The van der Waals surface area contributed by atoms with Crippen LogP contribution >= 0.6 is 0 Å². The van der Waals surface area contributed by atoms with Gasteiger partial charge in [-0.25, -0.2) is 14.8 Å². The molecule has 0 aliphatic carbocycles. The summed E-state index contributed by atoms with van der Waals surface area (Å²) in [5.74, 6) is 0.648. The molecule has 2 unspecified atom stereocenters. The van der Waals surface area contributed by atoms with Crippen molar-refractivity contribution in [3.05, 3.63) is 18.1 Å². The van der Waals surface area contributed by atoms with Gasteiger partial charge in [-0.05, 0) is 39.5 Å². The van der Waals surface area contributed by atoms with Crippen molar-refractivity contribution in [2.24, 2.45) is 11.7 Å². The molecular formula is C19H26N6O3. The highest BCUT2D eigenvalue weighted by atomic mass is 16.6. The number of primary amides is 1. The number of carbonyl (C=O) groups excluding carboxylic acids is 2. The maximum atomic E-state index is 12.6. The summed E-state index contributed by atoms with van der Waals surface area (Å²) in [5, 5.41) is 0.644. The molecule has 4 rings (SSSR count). The zero-order chi connectivity index (χ0) is 20.1. The number of ether oxygens (including phenoxy) is 1. The molecule has 0 saturated carbocycles. The quantitative estimate of drug-likeness (QED) is 0.814. The molecule has 3 N–H and O–H groups in total. The number of nitrogens with zero attached hydrogens (tertiary/aromatic N) is 4. The van der Waals surface area contributed by atoms with Gasteiger partial charge in [-0.15, -0.1) is 0 Å². The van der Waals surface area contributed by atoms with Crippen molar-refractivity contribution >= 4 is 28.9 Å². The van der Waals surface area contributed by atoms with Crippen molar-refractivity contribution in [1.82, 2.24) is 19.9 Å². The Balaban J connectivity index is 1.63. The number of nitrogens with one attached hydrogen (secondary N) is 1. The average Bonchev–Trinajstić information content (AvgIpc) is 3.23. The Labute approximate surface area is 163 Å². The fourth-order valence-electron chi connectivity index (χ4n) is 4.25. The smallest absolute Gasteiger partial charge is 0.410 e. The van der Waals surface area contributed by atoms with E-state index < -0.39 is 11.5 Å². The lowest BCUT2D eigenvalue weighted by atomic mass is 9.92. The number of aromatic nitrogens is 3. The minimum Gasteiger partial charge on any atom is -0.444 e. The van der Waals surface area contributed by atoms with Gasteiger partial charge >= 0.3 is 6.09 Å². The highest BCUT2D eigenvalue weighted by molar-refractivity contribution is 6.09. The van der Waals surface area contributed by atoms with Crippen LogP contribution in [0.5, 0.6) is 0 Å². The molecule has 2 aromatic heterocycles. The van der Waals surface area contributed by atoms with Gasteiger partial charge in [0.25, 0.3) is 5.91 Å². The summed E-state index contributed by atoms with van der Waals surface area (Å²) >= 11 is 0. The molecule has 150 valence electrons. The first kappa shape index (κ1) is 18.5. The summed E-state index contributed by atoms with van der Waals surface area (Å²) < 4.78 is 5.55. The Morgan fingerprint density at radius 2 is 2.00 bits per heavy atom. The fourth-order valence-corrected chi connectivity index (χ4v) is 4.25. The lowest BCUT2D eigenvalue weighted by Gasteiger charge is -2.39. The molecular weight excluding hydrogens is 360 g/mol. The topological polar surface area (TPSA) is 117 Å². The van der Waals surface area contributed by atoms with E-state index in [0.717, 1.165) is 19.4 Å². The van der Waals surface area contributed by atoms with E-state index in [-0.39, 0.29) is 12.1 Å². The van der Waals surface area contributed by atoms with Crippen LogP contribution in [0.25, 0.3) is 11.0 Å². The van der Waals surface area contributed by atoms with E-state index >= 15 is 0 Å². The van der Waals surface area contributed by atoms with E-state index in [1.165, 1.54) is 6.33 Å². The first-order valence-corrected chi connectivity index (χ1v) is 9.61. The van der Waals surface area contributed by atoms with Gasteiger partial charge in [0, 0.05) is 25.8 Å². The Kier molecular flexibility index (Phi) is 4.40. The summed E-state index contributed by atoms with van der Waals surface area (Å²) in [5.41, 5.74) is 5.99. The molecule has 2 aromatic rings. The maximum absolute atomic E-state index is 12.6. The number of hydrogen-bond acceptors (Lipinski definition) is 6. The molecule has 2 saturated heterocycles. The monoisotopic (exact) mass is 386 g/mol. The summed E-state index contributed by atoms with van der Waals surface area (Å²) in [7, 11) is 0. The Bertz CT molecular complexity index is 918. The van der Waals surface area contributed by atoms with Crippen LogP contribution in [0.1, 0.15) is 44.0 Å². The second-order valence-corrected chi connectivity index (χ2v) is 8.51. The van der Waals surface area contributed by atoms with Gasteiger partial charge in [-0.3, -0.25) is 4.79 Å². The zero-order valence-corrected chi connectivity index (χ0v) is 16.4. The third kappa shape index (κ3) is 3.25. The van der Waals surface area contributed by atoms with Crippen molar-refractivity contribution < 1.29 is 14.3 Å². The van der Waals surface area contributed by atoms with Crippen molar-refractivity contribution in [1.29, 1.82) is 0 Å². The number of likely N-dealkylation sites (tertiary alicyclic amines) is 1. The molecule has 2 atom stereocenters. The lowest BCUT2D eigenvalue weighted by molar-refractivity contribution is 0.0173. The van der Waals surface area contributed by atoms with Gasteiger partial charge in [0.15, 0.2) is 0 Å². The Morgan fingerprint density at radius 3 is 2.71 bits per heavy atom. The van der Waals surface area contributed by atoms with Crippen molar-refractivity contribution in [2.75, 3.05) is 24.5 Å². The summed E-state index contributed by atoms with van der Waals surface area (Å²) in [6.45, 7) is 7.69. The van der Waals surface area contributed by atoms with Crippen molar-refractivity contribution in [2.45, 2.75) is 45.3 Å². The number of piperidine rings is 1. The predicted molar refractivity (Wildman–Crippen MR) is 104 cm³/mol. The summed E-state index contributed by atoms with van der Waals surface area (Å²) in [6.07, 6.45) is 4.72. The van der Waals surface area contributed by atoms with E-state index in [4.69, 9.17) is 10.5 Å². The van der Waals surface area contributed by atoms with Crippen LogP contribution in [-0.4, -0.2) is 63.1 Å². The second kappa shape index (κ2) is 6.65. The third-order valence-electron chi connectivity index (χ3n) is 5.50. The fraction of sp³-hybridized carbons (Fsp3) is 0.579. The van der Waals surface area contributed by atoms with Crippen LogP contribution in [0.2, 0.25) is 0 Å². The lowest BCUT2D eigenvalue weighted by Crippen LogP contribution is -2.51. The molecule has 0 radical (unpaired) electrons. The van der Waals surface area contributed by atoms with E-state index in [2.05, 4.69) is 19.9 Å². The van der Waals surface area contributed by atoms with Crippen LogP contribution in [-0.2, 0) is 4.74 Å². The normalized spacial score (nSPS) is 22.4. The predicted octanol–water partition coefficient (Wildman–Crippen LogP) is 1.89. The van der Waals surface area contributed by atoms with Gasteiger partial charge in [0.2, 0.25) is 0 Å². The molecule has 2 aliphatic heterocycles. The number of carbonyl (C=O) groups is 2. The summed E-state index contributed by atoms with van der Waals surface area (Å²) in [6, 6.07) is 0.120. The van der Waals surface area contributed by atoms with Gasteiger partial charge in [0.1, 0.15) is 23.4 Å². The van der Waals surface area contributed by atoms with Crippen LogP contribution < -0.4 is 10.6 Å². The van der Waals surface area contributed by atoms with E-state index in [1.54, 1.807) is 11.1 Å². The standard InChI is InChI=1S/C19H26N6O3/c1-19(2,3)28-18(27)24-6-4-11-5-7-25(13(11)9-24)17-14-12(15(20)26)8-21-16(14)22-10-23-17/h8,10-11,13H,4-7,9H2,1-3H3,(H2,20,26)(H,21,22,23). The van der Waals surface area contributed by atoms with Crippen molar-refractivity contribution in [3.63, 3.8) is 0 Å². The van der Waals surface area contributed by atoms with Crippen LogP contribution in [0.15, 0.2) is 12.5 Å². The van der Waals surface area contributed by atoms with Crippen molar-refractivity contribution in [3.8, 4) is 0 Å². The molecule has 4 heterocycles. The minimum absolute atomic E-state index is 0.120. The first-order valence-electron chi connectivity index (χ1n) is 9.61. The Hall–Kier alpha value is -2.84.